The summed E-state index contributed by atoms with van der Waals surface area (Å²) in [6.45, 7) is 8.48. The fourth-order valence-electron chi connectivity index (χ4n) is 3.48. The van der Waals surface area contributed by atoms with Crippen LogP contribution in [-0.4, -0.2) is 26.9 Å². The summed E-state index contributed by atoms with van der Waals surface area (Å²) in [7, 11) is 0. The van der Waals surface area contributed by atoms with Gasteiger partial charge in [0.05, 0.1) is 28.2 Å². The first kappa shape index (κ1) is 22.6. The number of imidazole rings is 1. The van der Waals surface area contributed by atoms with Crippen LogP contribution in [0.1, 0.15) is 56.2 Å². The van der Waals surface area contributed by atoms with E-state index in [2.05, 4.69) is 31.4 Å². The van der Waals surface area contributed by atoms with Crippen molar-refractivity contribution in [2.45, 2.75) is 53.1 Å². The van der Waals surface area contributed by atoms with E-state index in [9.17, 15) is 4.79 Å². The summed E-state index contributed by atoms with van der Waals surface area (Å²) >= 11 is 12.4. The molecule has 30 heavy (non-hydrogen) atoms. The molecule has 0 fully saturated rings. The molecule has 0 N–H and O–H groups in total. The Kier molecular flexibility index (Phi) is 7.79. The molecule has 6 heteroatoms. The maximum Gasteiger partial charge on any atom is 0.255 e. The van der Waals surface area contributed by atoms with Crippen LogP contribution < -0.4 is 0 Å². The van der Waals surface area contributed by atoms with Crippen molar-refractivity contribution in [3.05, 3.63) is 63.9 Å². The largest absolute Gasteiger partial charge is 0.331 e. The van der Waals surface area contributed by atoms with Crippen LogP contribution in [0.25, 0.3) is 11.0 Å². The number of benzene rings is 2. The Labute approximate surface area is 188 Å². The molecule has 1 heterocycles. The molecule has 0 aliphatic rings. The molecular formula is C24H29Cl2N3O. The Morgan fingerprint density at radius 2 is 1.93 bits per heavy atom. The predicted molar refractivity (Wildman–Crippen MR) is 125 cm³/mol. The average Bonchev–Trinajstić information content (AvgIpc) is 3.06. The Morgan fingerprint density at radius 3 is 2.63 bits per heavy atom. The van der Waals surface area contributed by atoms with Gasteiger partial charge in [-0.15, -0.1) is 0 Å². The van der Waals surface area contributed by atoms with E-state index in [-0.39, 0.29) is 5.91 Å². The molecule has 0 radical (unpaired) electrons. The number of amides is 1. The minimum absolute atomic E-state index is 0.0913. The number of fused-ring (bicyclic) bond motifs is 1. The number of rotatable bonds is 9. The number of para-hydroxylation sites is 2. The second-order valence-electron chi connectivity index (χ2n) is 8.06. The van der Waals surface area contributed by atoms with Crippen molar-refractivity contribution < 1.29 is 4.79 Å². The molecule has 160 valence electrons. The monoisotopic (exact) mass is 445 g/mol. The lowest BCUT2D eigenvalue weighted by molar-refractivity contribution is 0.0729. The van der Waals surface area contributed by atoms with E-state index in [0.717, 1.165) is 42.7 Å². The van der Waals surface area contributed by atoms with Gasteiger partial charge in [-0.25, -0.2) is 4.98 Å². The van der Waals surface area contributed by atoms with Crippen molar-refractivity contribution in [2.75, 3.05) is 6.54 Å². The first-order chi connectivity index (χ1) is 14.4. The third kappa shape index (κ3) is 5.35. The topological polar surface area (TPSA) is 38.1 Å². The minimum Gasteiger partial charge on any atom is -0.331 e. The van der Waals surface area contributed by atoms with E-state index in [1.54, 1.807) is 18.2 Å². The number of hydrogen-bond donors (Lipinski definition) is 0. The first-order valence-corrected chi connectivity index (χ1v) is 11.3. The summed E-state index contributed by atoms with van der Waals surface area (Å²) in [5, 5.41) is 0.896. The molecule has 1 aromatic heterocycles. The highest BCUT2D eigenvalue weighted by Gasteiger charge is 2.22. The maximum atomic E-state index is 13.4. The van der Waals surface area contributed by atoms with Gasteiger partial charge in [0.1, 0.15) is 5.82 Å². The zero-order valence-corrected chi connectivity index (χ0v) is 19.4. The van der Waals surface area contributed by atoms with Crippen molar-refractivity contribution >= 4 is 40.1 Å². The van der Waals surface area contributed by atoms with Crippen LogP contribution in [-0.2, 0) is 13.1 Å². The lowest BCUT2D eigenvalue weighted by Crippen LogP contribution is -2.33. The fraction of sp³-hybridized carbons (Fsp3) is 0.417. The average molecular weight is 446 g/mol. The number of halogens is 2. The Bertz CT molecular complexity index is 1010. The third-order valence-electron chi connectivity index (χ3n) is 5.23. The van der Waals surface area contributed by atoms with Gasteiger partial charge in [0.25, 0.3) is 5.91 Å². The molecule has 3 aromatic rings. The van der Waals surface area contributed by atoms with E-state index < -0.39 is 0 Å². The van der Waals surface area contributed by atoms with E-state index >= 15 is 0 Å². The lowest BCUT2D eigenvalue weighted by Gasteiger charge is -2.24. The van der Waals surface area contributed by atoms with Crippen molar-refractivity contribution in [3.63, 3.8) is 0 Å². The quantitative estimate of drug-likeness (QED) is 0.361. The van der Waals surface area contributed by atoms with Gasteiger partial charge in [0, 0.05) is 18.1 Å². The van der Waals surface area contributed by atoms with Gasteiger partial charge in [-0.05, 0) is 49.1 Å². The van der Waals surface area contributed by atoms with Crippen LogP contribution >= 0.6 is 23.2 Å². The molecule has 4 nitrogen and oxygen atoms in total. The van der Waals surface area contributed by atoms with Gasteiger partial charge in [-0.3, -0.25) is 4.79 Å². The zero-order chi connectivity index (χ0) is 21.7. The Hall–Kier alpha value is -2.04. The van der Waals surface area contributed by atoms with Crippen LogP contribution in [0.2, 0.25) is 10.0 Å². The van der Waals surface area contributed by atoms with Gasteiger partial charge in [-0.1, -0.05) is 62.5 Å². The highest BCUT2D eigenvalue weighted by atomic mass is 35.5. The molecule has 2 aromatic carbocycles. The standard InChI is InChI=1S/C24H29Cl2N3O/c1-4-5-13-29-22-9-7-6-8-21(22)27-23(29)16-28(14-12-17(2)3)24(30)19-11-10-18(25)15-20(19)26/h6-11,15,17H,4-5,12-14,16H2,1-3H3. The van der Waals surface area contributed by atoms with Crippen LogP contribution in [0.15, 0.2) is 42.5 Å². The van der Waals surface area contributed by atoms with E-state index in [1.807, 2.05) is 23.1 Å². The van der Waals surface area contributed by atoms with E-state index in [4.69, 9.17) is 28.2 Å². The zero-order valence-electron chi connectivity index (χ0n) is 17.9. The third-order valence-corrected chi connectivity index (χ3v) is 5.77. The lowest BCUT2D eigenvalue weighted by atomic mass is 10.1. The maximum absolute atomic E-state index is 13.4. The molecular weight excluding hydrogens is 417 g/mol. The fourth-order valence-corrected chi connectivity index (χ4v) is 3.97. The number of carbonyl (C=O) groups excluding carboxylic acids is 1. The van der Waals surface area contributed by atoms with Gasteiger partial charge >= 0.3 is 0 Å². The van der Waals surface area contributed by atoms with Crippen molar-refractivity contribution in [1.29, 1.82) is 0 Å². The van der Waals surface area contributed by atoms with Crippen LogP contribution in [0, 0.1) is 5.92 Å². The second kappa shape index (κ2) is 10.3. The summed E-state index contributed by atoms with van der Waals surface area (Å²) in [6.07, 6.45) is 3.07. The SMILES string of the molecule is CCCCn1c(CN(CCC(C)C)C(=O)c2ccc(Cl)cc2Cl)nc2ccccc21. The summed E-state index contributed by atoms with van der Waals surface area (Å²) < 4.78 is 2.25. The van der Waals surface area contributed by atoms with Crippen molar-refractivity contribution in [3.8, 4) is 0 Å². The van der Waals surface area contributed by atoms with Crippen LogP contribution in [0.5, 0.6) is 0 Å². The van der Waals surface area contributed by atoms with Gasteiger partial charge < -0.3 is 9.47 Å². The molecule has 0 aliphatic carbocycles. The summed E-state index contributed by atoms with van der Waals surface area (Å²) in [5.74, 6) is 1.30. The number of aryl methyl sites for hydroxylation is 1. The number of nitrogens with zero attached hydrogens (tertiary/aromatic N) is 3. The van der Waals surface area contributed by atoms with Crippen molar-refractivity contribution in [2.24, 2.45) is 5.92 Å². The van der Waals surface area contributed by atoms with Gasteiger partial charge in [0.15, 0.2) is 0 Å². The second-order valence-corrected chi connectivity index (χ2v) is 8.90. The predicted octanol–water partition coefficient (Wildman–Crippen LogP) is 6.83. The number of unbranched alkanes of at least 4 members (excludes halogenated alkanes) is 1. The highest BCUT2D eigenvalue weighted by molar-refractivity contribution is 6.36. The van der Waals surface area contributed by atoms with Gasteiger partial charge in [0.2, 0.25) is 0 Å². The molecule has 0 bridgehead atoms. The Morgan fingerprint density at radius 1 is 1.17 bits per heavy atom. The van der Waals surface area contributed by atoms with Gasteiger partial charge in [-0.2, -0.15) is 0 Å². The summed E-state index contributed by atoms with van der Waals surface area (Å²) in [5.41, 5.74) is 2.55. The van der Waals surface area contributed by atoms with E-state index in [0.29, 0.717) is 34.6 Å². The molecule has 0 spiro atoms. The summed E-state index contributed by atoms with van der Waals surface area (Å²) in [4.78, 5) is 20.1. The molecule has 0 saturated carbocycles. The van der Waals surface area contributed by atoms with Crippen LogP contribution in [0.3, 0.4) is 0 Å². The molecule has 3 rings (SSSR count). The number of carbonyl (C=O) groups is 1. The molecule has 1 amide bonds. The number of aromatic nitrogens is 2. The Balaban J connectivity index is 1.96. The first-order valence-electron chi connectivity index (χ1n) is 10.6. The number of hydrogen-bond acceptors (Lipinski definition) is 2. The molecule has 0 unspecified atom stereocenters. The normalized spacial score (nSPS) is 11.4. The summed E-state index contributed by atoms with van der Waals surface area (Å²) in [6, 6.07) is 13.2. The van der Waals surface area contributed by atoms with Crippen molar-refractivity contribution in [1.82, 2.24) is 14.5 Å². The minimum atomic E-state index is -0.0913. The molecule has 0 atom stereocenters. The smallest absolute Gasteiger partial charge is 0.255 e. The highest BCUT2D eigenvalue weighted by Crippen LogP contribution is 2.24. The van der Waals surface area contributed by atoms with Crippen LogP contribution in [0.4, 0.5) is 0 Å². The molecule has 0 saturated heterocycles. The molecule has 0 aliphatic heterocycles. The van der Waals surface area contributed by atoms with E-state index in [1.165, 1.54) is 0 Å².